The molecule has 0 amide bonds. The lowest BCUT2D eigenvalue weighted by molar-refractivity contribution is -0.142. The van der Waals surface area contributed by atoms with Crippen LogP contribution in [0, 0.1) is 0 Å². The van der Waals surface area contributed by atoms with Gasteiger partial charge >= 0.3 is 18.3 Å². The Labute approximate surface area is 117 Å². The highest BCUT2D eigenvalue weighted by molar-refractivity contribution is 5.89. The van der Waals surface area contributed by atoms with E-state index in [-0.39, 0.29) is 5.69 Å². The number of carboxylic acid groups (broad SMARTS) is 1. The van der Waals surface area contributed by atoms with E-state index in [0.29, 0.717) is 23.1 Å². The maximum atomic E-state index is 12.7. The highest BCUT2D eigenvalue weighted by Gasteiger charge is 2.39. The van der Waals surface area contributed by atoms with Gasteiger partial charge in [-0.25, -0.2) is 14.5 Å². The van der Waals surface area contributed by atoms with Gasteiger partial charge in [0.15, 0.2) is 5.69 Å². The number of aromatic carboxylic acids is 1. The monoisotopic (exact) mass is 325 g/mol. The van der Waals surface area contributed by atoms with E-state index in [1.807, 2.05) is 0 Å². The summed E-state index contributed by atoms with van der Waals surface area (Å²) in [5.41, 5.74) is -4.25. The molecular weight excluding hydrogens is 320 g/mol. The third kappa shape index (κ3) is 3.02. The van der Waals surface area contributed by atoms with Crippen LogP contribution in [0.4, 0.5) is 26.3 Å². The maximum Gasteiger partial charge on any atom is 0.436 e. The molecule has 0 atom stereocenters. The molecule has 2 aromatic heterocycles. The van der Waals surface area contributed by atoms with E-state index in [2.05, 4.69) is 10.1 Å². The number of pyridine rings is 1. The second-order valence-corrected chi connectivity index (χ2v) is 4.04. The van der Waals surface area contributed by atoms with Gasteiger partial charge in [0.1, 0.15) is 11.3 Å². The predicted molar refractivity (Wildman–Crippen MR) is 58.3 cm³/mol. The van der Waals surface area contributed by atoms with Gasteiger partial charge in [-0.05, 0) is 12.1 Å². The molecule has 22 heavy (non-hydrogen) atoms. The van der Waals surface area contributed by atoms with Crippen LogP contribution in [0.3, 0.4) is 0 Å². The molecule has 0 unspecified atom stereocenters. The Morgan fingerprint density at radius 1 is 1.09 bits per heavy atom. The van der Waals surface area contributed by atoms with E-state index >= 15 is 0 Å². The zero-order valence-electron chi connectivity index (χ0n) is 10.3. The second-order valence-electron chi connectivity index (χ2n) is 4.04. The molecular formula is C11H5F6N3O2. The first kappa shape index (κ1) is 15.8. The lowest BCUT2D eigenvalue weighted by atomic mass is 10.2. The van der Waals surface area contributed by atoms with Crippen molar-refractivity contribution in [2.75, 3.05) is 0 Å². The lowest BCUT2D eigenvalue weighted by Gasteiger charge is -2.06. The Bertz CT molecular complexity index is 702. The lowest BCUT2D eigenvalue weighted by Crippen LogP contribution is -2.12. The summed E-state index contributed by atoms with van der Waals surface area (Å²) in [5, 5.41) is 11.8. The molecule has 2 aromatic rings. The van der Waals surface area contributed by atoms with Crippen LogP contribution in [0.15, 0.2) is 24.5 Å². The number of alkyl halides is 6. The molecule has 0 saturated heterocycles. The summed E-state index contributed by atoms with van der Waals surface area (Å²) in [6.07, 6.45) is -8.53. The number of aromatic nitrogens is 3. The van der Waals surface area contributed by atoms with Crippen LogP contribution in [0.25, 0.3) is 5.69 Å². The van der Waals surface area contributed by atoms with E-state index in [1.165, 1.54) is 0 Å². The van der Waals surface area contributed by atoms with Crippen molar-refractivity contribution in [1.29, 1.82) is 0 Å². The van der Waals surface area contributed by atoms with E-state index < -0.39 is 35.3 Å². The van der Waals surface area contributed by atoms with Crippen LogP contribution in [-0.4, -0.2) is 25.8 Å². The minimum absolute atomic E-state index is 0.244. The van der Waals surface area contributed by atoms with Gasteiger partial charge in [-0.3, -0.25) is 0 Å². The Balaban J connectivity index is 2.48. The Hall–Kier alpha value is -2.59. The van der Waals surface area contributed by atoms with Gasteiger partial charge in [-0.2, -0.15) is 31.4 Å². The van der Waals surface area contributed by atoms with Gasteiger partial charge in [0.25, 0.3) is 0 Å². The number of carboxylic acids is 1. The van der Waals surface area contributed by atoms with Gasteiger partial charge in [0.2, 0.25) is 0 Å². The van der Waals surface area contributed by atoms with Crippen molar-refractivity contribution in [2.24, 2.45) is 0 Å². The van der Waals surface area contributed by atoms with Crippen molar-refractivity contribution >= 4 is 5.97 Å². The first-order valence-electron chi connectivity index (χ1n) is 5.44. The summed E-state index contributed by atoms with van der Waals surface area (Å²) < 4.78 is 75.5. The predicted octanol–water partition coefficient (Wildman–Crippen LogP) is 3.00. The van der Waals surface area contributed by atoms with Gasteiger partial charge in [-0.15, -0.1) is 0 Å². The van der Waals surface area contributed by atoms with E-state index in [1.54, 1.807) is 0 Å². The molecule has 0 fully saturated rings. The second kappa shape index (κ2) is 5.00. The molecule has 0 spiro atoms. The minimum Gasteiger partial charge on any atom is -0.478 e. The van der Waals surface area contributed by atoms with Crippen molar-refractivity contribution in [3.05, 3.63) is 41.5 Å². The van der Waals surface area contributed by atoms with Crippen molar-refractivity contribution < 1.29 is 36.2 Å². The van der Waals surface area contributed by atoms with Crippen LogP contribution >= 0.6 is 0 Å². The Morgan fingerprint density at radius 3 is 2.09 bits per heavy atom. The molecule has 0 aliphatic carbocycles. The average molecular weight is 325 g/mol. The largest absolute Gasteiger partial charge is 0.478 e. The normalized spacial score (nSPS) is 12.5. The summed E-state index contributed by atoms with van der Waals surface area (Å²) in [7, 11) is 0. The maximum absolute atomic E-state index is 12.7. The van der Waals surface area contributed by atoms with Crippen LogP contribution in [0.1, 0.15) is 21.7 Å². The number of carbonyl (C=O) groups is 1. The topological polar surface area (TPSA) is 68.0 Å². The highest BCUT2D eigenvalue weighted by atomic mass is 19.4. The standard InChI is InChI=1S/C11H5F6N3O2/c12-10(13,14)7-2-1-5(3-18-7)20-4-6(9(21)22)8(19-20)11(15,16)17/h1-4H,(H,21,22). The third-order valence-corrected chi connectivity index (χ3v) is 2.52. The fraction of sp³-hybridized carbons (Fsp3) is 0.182. The Kier molecular flexibility index (Phi) is 3.59. The number of hydrogen-bond donors (Lipinski definition) is 1. The molecule has 2 rings (SSSR count). The summed E-state index contributed by atoms with van der Waals surface area (Å²) >= 11 is 0. The molecule has 118 valence electrons. The van der Waals surface area contributed by atoms with Crippen LogP contribution < -0.4 is 0 Å². The quantitative estimate of drug-likeness (QED) is 0.862. The molecule has 0 aliphatic heterocycles. The van der Waals surface area contributed by atoms with Crippen molar-refractivity contribution in [2.45, 2.75) is 12.4 Å². The smallest absolute Gasteiger partial charge is 0.436 e. The number of rotatable bonds is 2. The van der Waals surface area contributed by atoms with E-state index in [9.17, 15) is 31.1 Å². The molecule has 0 aliphatic rings. The van der Waals surface area contributed by atoms with Crippen molar-refractivity contribution in [1.82, 2.24) is 14.8 Å². The number of hydrogen-bond acceptors (Lipinski definition) is 3. The van der Waals surface area contributed by atoms with Gasteiger partial charge in [-0.1, -0.05) is 0 Å². The van der Waals surface area contributed by atoms with Crippen LogP contribution in [-0.2, 0) is 12.4 Å². The molecule has 1 N–H and O–H groups in total. The van der Waals surface area contributed by atoms with Crippen LogP contribution in [0.5, 0.6) is 0 Å². The summed E-state index contributed by atoms with van der Waals surface area (Å²) in [6.45, 7) is 0. The fourth-order valence-corrected chi connectivity index (χ4v) is 1.56. The molecule has 0 aromatic carbocycles. The van der Waals surface area contributed by atoms with Crippen LogP contribution in [0.2, 0.25) is 0 Å². The zero-order chi connectivity index (χ0) is 16.7. The average Bonchev–Trinajstić information content (AvgIpc) is 2.83. The zero-order valence-corrected chi connectivity index (χ0v) is 10.3. The summed E-state index contributed by atoms with van der Waals surface area (Å²) in [6, 6.07) is 1.37. The SMILES string of the molecule is O=C(O)c1cn(-c2ccc(C(F)(F)F)nc2)nc1C(F)(F)F. The number of halogens is 6. The van der Waals surface area contributed by atoms with Gasteiger partial charge in [0, 0.05) is 6.20 Å². The highest BCUT2D eigenvalue weighted by Crippen LogP contribution is 2.32. The van der Waals surface area contributed by atoms with Crippen molar-refractivity contribution in [3.8, 4) is 5.69 Å². The van der Waals surface area contributed by atoms with E-state index in [4.69, 9.17) is 5.11 Å². The van der Waals surface area contributed by atoms with E-state index in [0.717, 1.165) is 6.07 Å². The molecule has 2 heterocycles. The van der Waals surface area contributed by atoms with Gasteiger partial charge < -0.3 is 5.11 Å². The summed E-state index contributed by atoms with van der Waals surface area (Å²) in [4.78, 5) is 13.8. The number of nitrogens with zero attached hydrogens (tertiary/aromatic N) is 3. The third-order valence-electron chi connectivity index (χ3n) is 2.52. The fourth-order valence-electron chi connectivity index (χ4n) is 1.56. The molecule has 5 nitrogen and oxygen atoms in total. The van der Waals surface area contributed by atoms with Crippen molar-refractivity contribution in [3.63, 3.8) is 0 Å². The molecule has 0 radical (unpaired) electrons. The van der Waals surface area contributed by atoms with Gasteiger partial charge in [0.05, 0.1) is 11.9 Å². The molecule has 0 saturated carbocycles. The first-order valence-corrected chi connectivity index (χ1v) is 5.44. The Morgan fingerprint density at radius 2 is 1.73 bits per heavy atom. The molecule has 11 heteroatoms. The first-order chi connectivity index (χ1) is 10.00. The summed E-state index contributed by atoms with van der Waals surface area (Å²) in [5.74, 6) is -1.86. The molecule has 0 bridgehead atoms. The minimum atomic E-state index is -5.02.